The van der Waals surface area contributed by atoms with Gasteiger partial charge < -0.3 is 15.5 Å². The molecule has 1 aliphatic carbocycles. The Labute approximate surface area is 194 Å². The number of rotatable bonds is 5. The van der Waals surface area contributed by atoms with Crippen LogP contribution < -0.4 is 10.6 Å². The number of nitrogens with zero attached hydrogens (tertiary/aromatic N) is 3. The lowest BCUT2D eigenvalue weighted by molar-refractivity contribution is -0.133. The van der Waals surface area contributed by atoms with Crippen molar-refractivity contribution in [3.63, 3.8) is 0 Å². The molecule has 0 spiro atoms. The van der Waals surface area contributed by atoms with Gasteiger partial charge in [0.2, 0.25) is 5.91 Å². The number of carbonyl (C=O) groups is 3. The van der Waals surface area contributed by atoms with Crippen LogP contribution in [0.5, 0.6) is 0 Å². The van der Waals surface area contributed by atoms with Gasteiger partial charge in [0.25, 0.3) is 11.8 Å². The van der Waals surface area contributed by atoms with Crippen LogP contribution in [0.2, 0.25) is 0 Å². The van der Waals surface area contributed by atoms with Gasteiger partial charge in [0.1, 0.15) is 11.2 Å². The zero-order valence-electron chi connectivity index (χ0n) is 19.7. The van der Waals surface area contributed by atoms with Crippen LogP contribution >= 0.6 is 0 Å². The molecule has 1 fully saturated rings. The van der Waals surface area contributed by atoms with E-state index in [-0.39, 0.29) is 36.0 Å². The van der Waals surface area contributed by atoms with Crippen molar-refractivity contribution in [2.24, 2.45) is 0 Å². The molecule has 1 aliphatic heterocycles. The van der Waals surface area contributed by atoms with Crippen molar-refractivity contribution in [1.82, 2.24) is 20.0 Å². The quantitative estimate of drug-likeness (QED) is 0.681. The minimum atomic E-state index is -1.08. The molecule has 1 unspecified atom stereocenters. The number of hydrogen-bond donors (Lipinski definition) is 2. The van der Waals surface area contributed by atoms with Gasteiger partial charge in [-0.25, -0.2) is 0 Å². The molecule has 8 heteroatoms. The van der Waals surface area contributed by atoms with Crippen LogP contribution in [-0.4, -0.2) is 51.0 Å². The van der Waals surface area contributed by atoms with E-state index in [0.29, 0.717) is 11.4 Å². The van der Waals surface area contributed by atoms with E-state index in [0.717, 1.165) is 32.1 Å². The van der Waals surface area contributed by atoms with E-state index in [1.807, 2.05) is 24.3 Å². The third kappa shape index (κ3) is 4.65. The number of aromatic nitrogens is 2. The van der Waals surface area contributed by atoms with Crippen molar-refractivity contribution in [1.29, 1.82) is 0 Å². The van der Waals surface area contributed by atoms with Gasteiger partial charge in [0.05, 0.1) is 6.54 Å². The average Bonchev–Trinajstić information content (AvgIpc) is 3.06. The molecule has 1 atom stereocenters. The van der Waals surface area contributed by atoms with Gasteiger partial charge in [-0.05, 0) is 43.9 Å². The Balaban J connectivity index is 1.50. The summed E-state index contributed by atoms with van der Waals surface area (Å²) in [7, 11) is 1.64. The van der Waals surface area contributed by atoms with Crippen LogP contribution in [0.3, 0.4) is 0 Å². The van der Waals surface area contributed by atoms with Crippen LogP contribution in [0, 0.1) is 0 Å². The van der Waals surface area contributed by atoms with Crippen molar-refractivity contribution >= 4 is 23.4 Å². The first-order chi connectivity index (χ1) is 15.8. The van der Waals surface area contributed by atoms with Gasteiger partial charge in [-0.2, -0.15) is 5.10 Å². The zero-order valence-corrected chi connectivity index (χ0v) is 19.7. The van der Waals surface area contributed by atoms with E-state index >= 15 is 0 Å². The Morgan fingerprint density at radius 2 is 1.79 bits per heavy atom. The van der Waals surface area contributed by atoms with Gasteiger partial charge in [0, 0.05) is 24.8 Å². The Morgan fingerprint density at radius 1 is 1.12 bits per heavy atom. The minimum Gasteiger partial charge on any atom is -0.351 e. The summed E-state index contributed by atoms with van der Waals surface area (Å²) < 4.78 is 1.49. The molecule has 0 bridgehead atoms. The third-order valence-electron chi connectivity index (χ3n) is 7.03. The van der Waals surface area contributed by atoms with Crippen LogP contribution in [0.1, 0.15) is 78.9 Å². The summed E-state index contributed by atoms with van der Waals surface area (Å²) in [6.45, 7) is 4.03. The molecule has 0 saturated heterocycles. The number of fused-ring (bicyclic) bond motifs is 1. The number of likely N-dealkylation sites (N-methyl/N-ethyl adjacent to an activating group) is 1. The smallest absolute Gasteiger partial charge is 0.276 e. The summed E-state index contributed by atoms with van der Waals surface area (Å²) >= 11 is 0. The third-order valence-corrected chi connectivity index (χ3v) is 7.03. The summed E-state index contributed by atoms with van der Waals surface area (Å²) in [6.07, 6.45) is 7.48. The van der Waals surface area contributed by atoms with E-state index in [1.54, 1.807) is 14.0 Å². The molecule has 4 rings (SSSR count). The highest BCUT2D eigenvalue weighted by molar-refractivity contribution is 6.05. The Morgan fingerprint density at radius 3 is 2.42 bits per heavy atom. The van der Waals surface area contributed by atoms with E-state index in [9.17, 15) is 14.4 Å². The Hall–Kier alpha value is -3.16. The zero-order chi connectivity index (χ0) is 23.6. The molecular formula is C25H33N5O3. The van der Waals surface area contributed by atoms with Crippen LogP contribution in [0.4, 0.5) is 5.69 Å². The van der Waals surface area contributed by atoms with Gasteiger partial charge in [0.15, 0.2) is 5.69 Å². The Bertz CT molecular complexity index is 1040. The molecular weight excluding hydrogens is 418 g/mol. The fourth-order valence-corrected chi connectivity index (χ4v) is 4.62. The molecule has 0 radical (unpaired) electrons. The Kier molecular flexibility index (Phi) is 6.54. The lowest BCUT2D eigenvalue weighted by Crippen LogP contribution is -2.63. The summed E-state index contributed by atoms with van der Waals surface area (Å²) in [4.78, 5) is 40.6. The normalized spacial score (nSPS) is 21.3. The molecule has 2 aromatic rings. The van der Waals surface area contributed by atoms with E-state index in [4.69, 9.17) is 0 Å². The highest BCUT2D eigenvalue weighted by Crippen LogP contribution is 2.27. The molecule has 33 heavy (non-hydrogen) atoms. The van der Waals surface area contributed by atoms with Crippen LogP contribution in [0.15, 0.2) is 30.3 Å². The fourth-order valence-electron chi connectivity index (χ4n) is 4.62. The molecule has 1 saturated carbocycles. The van der Waals surface area contributed by atoms with Crippen molar-refractivity contribution in [3.8, 4) is 0 Å². The first-order valence-electron chi connectivity index (χ1n) is 11.9. The largest absolute Gasteiger partial charge is 0.351 e. The molecule has 1 aromatic heterocycles. The molecule has 8 nitrogen and oxygen atoms in total. The van der Waals surface area contributed by atoms with Crippen LogP contribution in [0.25, 0.3) is 0 Å². The van der Waals surface area contributed by atoms with Gasteiger partial charge in [-0.3, -0.25) is 19.1 Å². The van der Waals surface area contributed by atoms with Crippen LogP contribution in [-0.2, 0) is 17.8 Å². The monoisotopic (exact) mass is 451 g/mol. The molecule has 2 N–H and O–H groups in total. The maximum Gasteiger partial charge on any atom is 0.276 e. The summed E-state index contributed by atoms with van der Waals surface area (Å²) in [5.41, 5.74) is 1.23. The lowest BCUT2D eigenvalue weighted by Gasteiger charge is -2.41. The number of hydrogen-bond acceptors (Lipinski definition) is 4. The van der Waals surface area contributed by atoms with E-state index in [2.05, 4.69) is 22.7 Å². The van der Waals surface area contributed by atoms with Crippen molar-refractivity contribution in [3.05, 3.63) is 47.3 Å². The first kappa shape index (κ1) is 23.0. The molecule has 1 aromatic carbocycles. The van der Waals surface area contributed by atoms with Gasteiger partial charge in [-0.1, -0.05) is 44.7 Å². The minimum absolute atomic E-state index is 0.139. The number of amides is 3. The number of carbonyl (C=O) groups excluding carboxylic acids is 3. The second kappa shape index (κ2) is 9.37. The summed E-state index contributed by atoms with van der Waals surface area (Å²) in [5, 5.41) is 10.4. The van der Waals surface area contributed by atoms with Crippen molar-refractivity contribution in [2.75, 3.05) is 12.4 Å². The predicted molar refractivity (Wildman–Crippen MR) is 126 cm³/mol. The number of nitrogens with one attached hydrogen (secondary N) is 2. The first-order valence-corrected chi connectivity index (χ1v) is 11.9. The second-order valence-electron chi connectivity index (χ2n) is 9.38. The fraction of sp³-hybridized carbons (Fsp3) is 0.520. The van der Waals surface area contributed by atoms with Crippen molar-refractivity contribution < 1.29 is 14.4 Å². The highest BCUT2D eigenvalue weighted by atomic mass is 16.2. The highest BCUT2D eigenvalue weighted by Gasteiger charge is 2.46. The number of anilines is 1. The van der Waals surface area contributed by atoms with E-state index in [1.165, 1.54) is 34.1 Å². The van der Waals surface area contributed by atoms with Crippen molar-refractivity contribution in [2.45, 2.75) is 76.9 Å². The summed E-state index contributed by atoms with van der Waals surface area (Å²) in [6, 6.07) is 9.26. The van der Waals surface area contributed by atoms with E-state index < -0.39 is 5.54 Å². The van der Waals surface area contributed by atoms with Gasteiger partial charge in [-0.15, -0.1) is 0 Å². The molecule has 176 valence electrons. The molecule has 3 amide bonds. The predicted octanol–water partition coefficient (Wildman–Crippen LogP) is 3.38. The molecule has 2 aliphatic rings. The second-order valence-corrected chi connectivity index (χ2v) is 9.38. The average molecular weight is 452 g/mol. The SMILES string of the molecule is CCc1ccc(NC(=O)c2cc3n(n2)CC(C)(C(=O)NC2CCCCCC2)N(C)C3=O)cc1. The maximum absolute atomic E-state index is 13.3. The maximum atomic E-state index is 13.3. The lowest BCUT2D eigenvalue weighted by atomic mass is 9.95. The standard InChI is InChI=1S/C25H33N5O3/c1-4-17-11-13-19(14-12-17)26-22(31)20-15-21-23(32)29(3)25(2,16-30(21)28-20)24(33)27-18-9-7-5-6-8-10-18/h11-15,18H,4-10,16H2,1-3H3,(H,26,31)(H,27,33). The number of aryl methyl sites for hydroxylation is 1. The topological polar surface area (TPSA) is 96.3 Å². The molecule has 2 heterocycles. The van der Waals surface area contributed by atoms with Gasteiger partial charge >= 0.3 is 0 Å². The summed E-state index contributed by atoms with van der Waals surface area (Å²) in [5.74, 6) is -0.881. The number of benzene rings is 1.